The average molecular weight is 644 g/mol. The van der Waals surface area contributed by atoms with E-state index in [9.17, 15) is 19.5 Å². The van der Waals surface area contributed by atoms with Gasteiger partial charge in [-0.15, -0.1) is 0 Å². The van der Waals surface area contributed by atoms with Crippen molar-refractivity contribution in [3.05, 3.63) is 94.5 Å². The molecule has 0 radical (unpaired) electrons. The number of ether oxygens (including phenoxy) is 1. The molecule has 47 heavy (non-hydrogen) atoms. The summed E-state index contributed by atoms with van der Waals surface area (Å²) in [5.41, 5.74) is 4.13. The Morgan fingerprint density at radius 3 is 2.02 bits per heavy atom. The van der Waals surface area contributed by atoms with Gasteiger partial charge in [-0.3, -0.25) is 9.59 Å². The number of rotatable bonds is 15. The third-order valence-electron chi connectivity index (χ3n) is 8.17. The number of unbranched alkanes of at least 4 members (excludes halogenated alkanes) is 5. The van der Waals surface area contributed by atoms with Crippen LogP contribution in [-0.2, 0) is 20.7 Å². The monoisotopic (exact) mass is 643 g/mol. The fourth-order valence-corrected chi connectivity index (χ4v) is 5.69. The molecule has 0 aromatic heterocycles. The number of para-hydroxylation sites is 1. The number of alkyl carbamates (subject to hydrolysis) is 1. The highest BCUT2D eigenvalue weighted by Crippen LogP contribution is 2.30. The number of aryl methyl sites for hydroxylation is 3. The maximum absolute atomic E-state index is 14.8. The van der Waals surface area contributed by atoms with Crippen LogP contribution in [0.1, 0.15) is 100 Å². The van der Waals surface area contributed by atoms with Crippen LogP contribution in [0.5, 0.6) is 5.75 Å². The van der Waals surface area contributed by atoms with Gasteiger partial charge in [0, 0.05) is 18.7 Å². The number of nitrogens with one attached hydrogen (secondary N) is 2. The van der Waals surface area contributed by atoms with Gasteiger partial charge in [0.25, 0.3) is 5.91 Å². The van der Waals surface area contributed by atoms with Gasteiger partial charge in [-0.2, -0.15) is 0 Å². The zero-order valence-corrected chi connectivity index (χ0v) is 29.2. The lowest BCUT2D eigenvalue weighted by Crippen LogP contribution is -2.53. The second kappa shape index (κ2) is 17.5. The molecule has 0 bridgehead atoms. The summed E-state index contributed by atoms with van der Waals surface area (Å²) in [6.07, 6.45) is 5.47. The van der Waals surface area contributed by atoms with Crippen LogP contribution in [0.4, 0.5) is 10.5 Å². The van der Waals surface area contributed by atoms with Gasteiger partial charge in [0.2, 0.25) is 5.91 Å². The molecule has 8 heteroatoms. The lowest BCUT2D eigenvalue weighted by atomic mass is 9.96. The van der Waals surface area contributed by atoms with Gasteiger partial charge < -0.3 is 25.4 Å². The van der Waals surface area contributed by atoms with E-state index in [1.807, 2.05) is 63.2 Å². The predicted molar refractivity (Wildman–Crippen MR) is 189 cm³/mol. The lowest BCUT2D eigenvalue weighted by Gasteiger charge is -2.35. The molecule has 3 rings (SSSR count). The highest BCUT2D eigenvalue weighted by molar-refractivity contribution is 6.00. The van der Waals surface area contributed by atoms with Gasteiger partial charge >= 0.3 is 6.09 Å². The third kappa shape index (κ3) is 11.5. The minimum atomic E-state index is -1.03. The number of phenols is 1. The van der Waals surface area contributed by atoms with E-state index in [4.69, 9.17) is 4.74 Å². The van der Waals surface area contributed by atoms with Gasteiger partial charge in [0.1, 0.15) is 23.4 Å². The van der Waals surface area contributed by atoms with Crippen molar-refractivity contribution in [2.24, 2.45) is 0 Å². The van der Waals surface area contributed by atoms with Crippen LogP contribution in [0, 0.1) is 20.8 Å². The van der Waals surface area contributed by atoms with E-state index in [0.29, 0.717) is 13.0 Å². The first-order valence-electron chi connectivity index (χ1n) is 16.8. The molecule has 0 aliphatic carbocycles. The van der Waals surface area contributed by atoms with E-state index in [-0.39, 0.29) is 24.0 Å². The molecule has 0 spiro atoms. The Kier molecular flexibility index (Phi) is 13.9. The summed E-state index contributed by atoms with van der Waals surface area (Å²) < 4.78 is 5.57. The number of phenolic OH excluding ortho intramolecular Hbond substituents is 1. The molecule has 3 aromatic rings. The first-order valence-corrected chi connectivity index (χ1v) is 16.8. The molecule has 0 saturated heterocycles. The standard InChI is InChI=1S/C39H53N3O5/c1-8-9-10-11-12-15-25-42(37(45)33(40-38(46)47-39(5,6)7)26-30-21-23-31(43)24-22-30)35(32-20-14-13-17-27(32)2)36(44)41-34-28(3)18-16-19-29(34)4/h13-14,16-24,33,35,43H,8-12,15,25-26H2,1-7H3,(H,40,46)(H,41,44). The van der Waals surface area contributed by atoms with E-state index < -0.39 is 23.8 Å². The van der Waals surface area contributed by atoms with E-state index in [1.165, 1.54) is 0 Å². The van der Waals surface area contributed by atoms with Gasteiger partial charge in [-0.05, 0) is 87.9 Å². The minimum Gasteiger partial charge on any atom is -0.508 e. The van der Waals surface area contributed by atoms with E-state index in [1.54, 1.807) is 49.9 Å². The van der Waals surface area contributed by atoms with E-state index >= 15 is 0 Å². The Hall–Kier alpha value is -4.33. The molecule has 0 aliphatic heterocycles. The van der Waals surface area contributed by atoms with Crippen molar-refractivity contribution >= 4 is 23.6 Å². The zero-order valence-electron chi connectivity index (χ0n) is 29.2. The molecule has 2 unspecified atom stereocenters. The van der Waals surface area contributed by atoms with Crippen molar-refractivity contribution in [2.75, 3.05) is 11.9 Å². The van der Waals surface area contributed by atoms with Crippen molar-refractivity contribution < 1.29 is 24.2 Å². The third-order valence-corrected chi connectivity index (χ3v) is 8.17. The number of nitrogens with zero attached hydrogens (tertiary/aromatic N) is 1. The molecular weight excluding hydrogens is 590 g/mol. The molecule has 0 heterocycles. The van der Waals surface area contributed by atoms with E-state index in [0.717, 1.165) is 65.6 Å². The summed E-state index contributed by atoms with van der Waals surface area (Å²) in [7, 11) is 0. The molecule has 3 aromatic carbocycles. The minimum absolute atomic E-state index is 0.101. The molecule has 254 valence electrons. The predicted octanol–water partition coefficient (Wildman–Crippen LogP) is 8.32. The molecule has 3 amide bonds. The quantitative estimate of drug-likeness (QED) is 0.144. The summed E-state index contributed by atoms with van der Waals surface area (Å²) in [6.45, 7) is 13.6. The molecule has 0 aliphatic rings. The van der Waals surface area contributed by atoms with Crippen molar-refractivity contribution in [3.63, 3.8) is 0 Å². The maximum atomic E-state index is 14.8. The topological polar surface area (TPSA) is 108 Å². The van der Waals surface area contributed by atoms with Crippen LogP contribution in [0.3, 0.4) is 0 Å². The number of benzene rings is 3. The summed E-state index contributed by atoms with van der Waals surface area (Å²) in [5.74, 6) is -0.608. The Morgan fingerprint density at radius 1 is 0.809 bits per heavy atom. The summed E-state index contributed by atoms with van der Waals surface area (Å²) in [4.78, 5) is 44.1. The van der Waals surface area contributed by atoms with Crippen molar-refractivity contribution in [1.82, 2.24) is 10.2 Å². The van der Waals surface area contributed by atoms with Gasteiger partial charge in [0.15, 0.2) is 0 Å². The smallest absolute Gasteiger partial charge is 0.408 e. The summed E-state index contributed by atoms with van der Waals surface area (Å²) in [5, 5.41) is 15.8. The number of aromatic hydroxyl groups is 1. The first kappa shape index (κ1) is 37.1. The number of amides is 3. The zero-order chi connectivity index (χ0) is 34.6. The van der Waals surface area contributed by atoms with Gasteiger partial charge in [0.05, 0.1) is 0 Å². The first-order chi connectivity index (χ1) is 22.3. The van der Waals surface area contributed by atoms with Gasteiger partial charge in [-0.1, -0.05) is 93.6 Å². The lowest BCUT2D eigenvalue weighted by molar-refractivity contribution is -0.140. The summed E-state index contributed by atoms with van der Waals surface area (Å²) >= 11 is 0. The molecule has 8 nitrogen and oxygen atoms in total. The van der Waals surface area contributed by atoms with Crippen molar-refractivity contribution in [1.29, 1.82) is 0 Å². The highest BCUT2D eigenvalue weighted by atomic mass is 16.6. The second-order valence-corrected chi connectivity index (χ2v) is 13.4. The molecule has 3 N–H and O–H groups in total. The number of hydrogen-bond donors (Lipinski definition) is 3. The number of hydrogen-bond acceptors (Lipinski definition) is 5. The average Bonchev–Trinajstić information content (AvgIpc) is 3.00. The number of carbonyl (C=O) groups excluding carboxylic acids is 3. The Morgan fingerprint density at radius 2 is 1.40 bits per heavy atom. The van der Waals surface area contributed by atoms with Crippen molar-refractivity contribution in [2.45, 2.75) is 111 Å². The normalized spacial score (nSPS) is 12.6. The van der Waals surface area contributed by atoms with Crippen LogP contribution < -0.4 is 10.6 Å². The van der Waals surface area contributed by atoms with E-state index in [2.05, 4.69) is 17.6 Å². The Labute approximate surface area is 280 Å². The molecule has 2 atom stereocenters. The number of anilines is 1. The SMILES string of the molecule is CCCCCCCCN(C(=O)C(Cc1ccc(O)cc1)NC(=O)OC(C)(C)C)C(C(=O)Nc1c(C)cccc1C)c1ccccc1C. The molecule has 0 saturated carbocycles. The van der Waals surface area contributed by atoms with Crippen LogP contribution in [-0.4, -0.2) is 46.1 Å². The largest absolute Gasteiger partial charge is 0.508 e. The van der Waals surface area contributed by atoms with Crippen LogP contribution in [0.15, 0.2) is 66.7 Å². The Bertz CT molecular complexity index is 1460. The number of carbonyl (C=O) groups is 3. The second-order valence-electron chi connectivity index (χ2n) is 13.4. The maximum Gasteiger partial charge on any atom is 0.408 e. The molecular formula is C39H53N3O5. The fourth-order valence-electron chi connectivity index (χ4n) is 5.69. The Balaban J connectivity index is 2.09. The summed E-state index contributed by atoms with van der Waals surface area (Å²) in [6, 6.07) is 18.0. The van der Waals surface area contributed by atoms with Crippen LogP contribution in [0.2, 0.25) is 0 Å². The molecule has 0 fully saturated rings. The highest BCUT2D eigenvalue weighted by Gasteiger charge is 2.37. The van der Waals surface area contributed by atoms with Crippen LogP contribution in [0.25, 0.3) is 0 Å². The van der Waals surface area contributed by atoms with Crippen molar-refractivity contribution in [3.8, 4) is 5.75 Å². The fraction of sp³-hybridized carbons (Fsp3) is 0.462. The van der Waals surface area contributed by atoms with Crippen LogP contribution >= 0.6 is 0 Å². The van der Waals surface area contributed by atoms with Gasteiger partial charge in [-0.25, -0.2) is 4.79 Å².